The molecule has 2 aliphatic rings. The third kappa shape index (κ3) is 3.51. The number of carbonyl (C=O) groups excluding carboxylic acids is 3. The van der Waals surface area contributed by atoms with E-state index in [0.29, 0.717) is 0 Å². The molecule has 2 fully saturated rings. The summed E-state index contributed by atoms with van der Waals surface area (Å²) in [6.07, 6.45) is -2.83. The van der Waals surface area contributed by atoms with Crippen LogP contribution in [0.15, 0.2) is 24.3 Å². The standard InChI is InChI=1S/C17H17F3N2O4/c1-16(11-5-6-11)14(24)22(15(25)21-16)8-13(23)26-9-10-3-2-4-12(7-10)17(18,19)20/h2-4,7,11H,5-6,8-9H2,1H3,(H,21,25). The first-order chi connectivity index (χ1) is 12.1. The Bertz CT molecular complexity index is 761. The van der Waals surface area contributed by atoms with Crippen molar-refractivity contribution in [1.29, 1.82) is 0 Å². The van der Waals surface area contributed by atoms with E-state index in [2.05, 4.69) is 5.32 Å². The molecule has 26 heavy (non-hydrogen) atoms. The molecular weight excluding hydrogens is 353 g/mol. The van der Waals surface area contributed by atoms with Crippen molar-refractivity contribution < 1.29 is 32.3 Å². The van der Waals surface area contributed by atoms with Crippen LogP contribution in [0.4, 0.5) is 18.0 Å². The number of benzene rings is 1. The lowest BCUT2D eigenvalue weighted by molar-refractivity contribution is -0.148. The molecule has 0 aromatic heterocycles. The van der Waals surface area contributed by atoms with E-state index in [-0.39, 0.29) is 18.1 Å². The van der Waals surface area contributed by atoms with Gasteiger partial charge in [0, 0.05) is 0 Å². The predicted molar refractivity (Wildman–Crippen MR) is 82.6 cm³/mol. The summed E-state index contributed by atoms with van der Waals surface area (Å²) in [5.41, 5.74) is -1.69. The Hall–Kier alpha value is -2.58. The minimum atomic E-state index is -4.49. The van der Waals surface area contributed by atoms with E-state index in [0.717, 1.165) is 29.9 Å². The molecule has 9 heteroatoms. The number of carbonyl (C=O) groups is 3. The quantitative estimate of drug-likeness (QED) is 0.638. The van der Waals surface area contributed by atoms with E-state index in [1.54, 1.807) is 6.92 Å². The molecule has 1 aromatic rings. The maximum atomic E-state index is 12.7. The van der Waals surface area contributed by atoms with Crippen molar-refractivity contribution in [2.24, 2.45) is 5.92 Å². The van der Waals surface area contributed by atoms with Gasteiger partial charge in [-0.2, -0.15) is 13.2 Å². The monoisotopic (exact) mass is 370 g/mol. The van der Waals surface area contributed by atoms with Crippen LogP contribution in [0, 0.1) is 5.92 Å². The molecule has 1 saturated carbocycles. The van der Waals surface area contributed by atoms with Crippen LogP contribution in [-0.4, -0.2) is 34.9 Å². The molecule has 1 N–H and O–H groups in total. The smallest absolute Gasteiger partial charge is 0.416 e. The van der Waals surface area contributed by atoms with Gasteiger partial charge in [0.15, 0.2) is 0 Å². The van der Waals surface area contributed by atoms with Gasteiger partial charge in [0.05, 0.1) is 5.56 Å². The summed E-state index contributed by atoms with van der Waals surface area (Å²) in [6, 6.07) is 3.73. The fraction of sp³-hybridized carbons (Fsp3) is 0.471. The molecular formula is C17H17F3N2O4. The van der Waals surface area contributed by atoms with Gasteiger partial charge in [-0.25, -0.2) is 4.79 Å². The predicted octanol–water partition coefficient (Wildman–Crippen LogP) is 2.47. The highest BCUT2D eigenvalue weighted by Gasteiger charge is 2.56. The van der Waals surface area contributed by atoms with Gasteiger partial charge in [-0.15, -0.1) is 0 Å². The van der Waals surface area contributed by atoms with Crippen molar-refractivity contribution in [3.63, 3.8) is 0 Å². The minimum absolute atomic E-state index is 0.0603. The topological polar surface area (TPSA) is 75.7 Å². The summed E-state index contributed by atoms with van der Waals surface area (Å²) in [7, 11) is 0. The summed E-state index contributed by atoms with van der Waals surface area (Å²) in [5, 5.41) is 2.60. The normalized spacial score (nSPS) is 23.2. The molecule has 0 spiro atoms. The number of hydrogen-bond donors (Lipinski definition) is 1. The number of imide groups is 1. The van der Waals surface area contributed by atoms with Crippen LogP contribution >= 0.6 is 0 Å². The lowest BCUT2D eigenvalue weighted by Gasteiger charge is -2.20. The lowest BCUT2D eigenvalue weighted by atomic mass is 9.96. The van der Waals surface area contributed by atoms with E-state index in [1.165, 1.54) is 12.1 Å². The number of amides is 3. The number of urea groups is 1. The SMILES string of the molecule is CC1(C2CC2)NC(=O)N(CC(=O)OCc2cccc(C(F)(F)F)c2)C1=O. The van der Waals surface area contributed by atoms with Crippen molar-refractivity contribution in [2.45, 2.75) is 38.1 Å². The molecule has 6 nitrogen and oxygen atoms in total. The average Bonchev–Trinajstić information content (AvgIpc) is 3.39. The van der Waals surface area contributed by atoms with Crippen molar-refractivity contribution in [3.8, 4) is 0 Å². The second-order valence-electron chi connectivity index (χ2n) is 6.66. The Morgan fingerprint density at radius 2 is 2.04 bits per heavy atom. The first-order valence-electron chi connectivity index (χ1n) is 8.07. The lowest BCUT2D eigenvalue weighted by Crippen LogP contribution is -2.46. The number of alkyl halides is 3. The van der Waals surface area contributed by atoms with Crippen LogP contribution in [0.2, 0.25) is 0 Å². The molecule has 3 amide bonds. The molecule has 0 radical (unpaired) electrons. The molecule has 1 atom stereocenters. The van der Waals surface area contributed by atoms with Gasteiger partial charge in [0.2, 0.25) is 0 Å². The highest BCUT2D eigenvalue weighted by atomic mass is 19.4. The van der Waals surface area contributed by atoms with Gasteiger partial charge in [0.1, 0.15) is 18.7 Å². The maximum absolute atomic E-state index is 12.7. The van der Waals surface area contributed by atoms with Gasteiger partial charge >= 0.3 is 18.2 Å². The number of nitrogens with one attached hydrogen (secondary N) is 1. The third-order valence-corrected chi connectivity index (χ3v) is 4.64. The van der Waals surface area contributed by atoms with E-state index < -0.39 is 41.7 Å². The van der Waals surface area contributed by atoms with Crippen LogP contribution in [0.1, 0.15) is 30.9 Å². The van der Waals surface area contributed by atoms with Gasteiger partial charge in [0.25, 0.3) is 5.91 Å². The first kappa shape index (κ1) is 18.2. The molecule has 1 heterocycles. The number of esters is 1. The first-order valence-corrected chi connectivity index (χ1v) is 8.07. The van der Waals surface area contributed by atoms with Crippen molar-refractivity contribution in [2.75, 3.05) is 6.54 Å². The molecule has 140 valence electrons. The fourth-order valence-electron chi connectivity index (χ4n) is 2.97. The largest absolute Gasteiger partial charge is 0.459 e. The summed E-state index contributed by atoms with van der Waals surface area (Å²) in [4.78, 5) is 37.1. The number of halogens is 3. The number of hydrogen-bond acceptors (Lipinski definition) is 4. The second-order valence-corrected chi connectivity index (χ2v) is 6.66. The summed E-state index contributed by atoms with van der Waals surface area (Å²) in [5.74, 6) is -1.29. The molecule has 0 bridgehead atoms. The van der Waals surface area contributed by atoms with Crippen LogP contribution in [0.3, 0.4) is 0 Å². The zero-order valence-corrected chi connectivity index (χ0v) is 13.9. The van der Waals surface area contributed by atoms with Crippen molar-refractivity contribution in [3.05, 3.63) is 35.4 Å². The zero-order chi connectivity index (χ0) is 19.1. The zero-order valence-electron chi connectivity index (χ0n) is 13.9. The van der Waals surface area contributed by atoms with Gasteiger partial charge in [-0.1, -0.05) is 12.1 Å². The molecule has 3 rings (SSSR count). The van der Waals surface area contributed by atoms with Crippen LogP contribution in [-0.2, 0) is 27.1 Å². The summed E-state index contributed by atoms with van der Waals surface area (Å²) >= 11 is 0. The highest BCUT2D eigenvalue weighted by molar-refractivity contribution is 6.08. The Kier molecular flexibility index (Phi) is 4.41. The molecule has 1 unspecified atom stereocenters. The fourth-order valence-corrected chi connectivity index (χ4v) is 2.97. The van der Waals surface area contributed by atoms with Gasteiger partial charge in [-0.05, 0) is 43.4 Å². The Balaban J connectivity index is 1.58. The van der Waals surface area contributed by atoms with Crippen LogP contribution in [0.25, 0.3) is 0 Å². The van der Waals surface area contributed by atoms with Gasteiger partial charge in [-0.3, -0.25) is 14.5 Å². The Morgan fingerprint density at radius 3 is 2.65 bits per heavy atom. The molecule has 1 aliphatic carbocycles. The third-order valence-electron chi connectivity index (χ3n) is 4.64. The molecule has 1 aliphatic heterocycles. The van der Waals surface area contributed by atoms with Crippen LogP contribution in [0.5, 0.6) is 0 Å². The average molecular weight is 370 g/mol. The summed E-state index contributed by atoms with van der Waals surface area (Å²) in [6.45, 7) is 0.664. The maximum Gasteiger partial charge on any atom is 0.416 e. The Morgan fingerprint density at radius 1 is 1.35 bits per heavy atom. The van der Waals surface area contributed by atoms with E-state index in [4.69, 9.17) is 4.74 Å². The number of rotatable bonds is 5. The minimum Gasteiger partial charge on any atom is -0.459 e. The number of nitrogens with zero attached hydrogens (tertiary/aromatic N) is 1. The van der Waals surface area contributed by atoms with E-state index in [9.17, 15) is 27.6 Å². The van der Waals surface area contributed by atoms with Gasteiger partial charge < -0.3 is 10.1 Å². The number of ether oxygens (including phenoxy) is 1. The second kappa shape index (κ2) is 6.30. The van der Waals surface area contributed by atoms with Crippen LogP contribution < -0.4 is 5.32 Å². The highest BCUT2D eigenvalue weighted by Crippen LogP contribution is 2.42. The summed E-state index contributed by atoms with van der Waals surface area (Å²) < 4.78 is 42.9. The molecule has 1 saturated heterocycles. The van der Waals surface area contributed by atoms with E-state index in [1.807, 2.05) is 0 Å². The van der Waals surface area contributed by atoms with E-state index >= 15 is 0 Å². The molecule has 1 aromatic carbocycles. The van der Waals surface area contributed by atoms with Crippen molar-refractivity contribution in [1.82, 2.24) is 10.2 Å². The van der Waals surface area contributed by atoms with Crippen molar-refractivity contribution >= 4 is 17.9 Å². The Labute approximate surface area is 147 Å².